The molecule has 0 heterocycles. The average Bonchev–Trinajstić information content (AvgIpc) is 2.46. The number of alkyl halides is 1. The monoisotopic (exact) mass is 334 g/mol. The predicted molar refractivity (Wildman–Crippen MR) is 91.0 cm³/mol. The number of halogens is 1. The molecule has 0 unspecified atom stereocenters. The number of aryl methyl sites for hydroxylation is 2. The summed E-state index contributed by atoms with van der Waals surface area (Å²) in [5.41, 5.74) is 5.41. The minimum Gasteiger partial charge on any atom is -0.298 e. The third-order valence-corrected chi connectivity index (χ3v) is 5.21. The van der Waals surface area contributed by atoms with Crippen molar-refractivity contribution in [1.29, 1.82) is 0 Å². The molecule has 4 heteroatoms. The molecule has 1 aliphatic rings. The summed E-state index contributed by atoms with van der Waals surface area (Å²) in [6, 6.07) is 2.07. The first-order valence-electron chi connectivity index (χ1n) is 8.05. The molecule has 0 spiro atoms. The van der Waals surface area contributed by atoms with Crippen LogP contribution in [0.1, 0.15) is 59.9 Å². The first-order valence-corrected chi connectivity index (χ1v) is 8.58. The highest BCUT2D eigenvalue weighted by atomic mass is 35.5. The van der Waals surface area contributed by atoms with Gasteiger partial charge >= 0.3 is 0 Å². The van der Waals surface area contributed by atoms with Crippen molar-refractivity contribution < 1.29 is 14.4 Å². The van der Waals surface area contributed by atoms with E-state index in [4.69, 9.17) is 11.6 Å². The van der Waals surface area contributed by atoms with Crippen molar-refractivity contribution in [2.24, 2.45) is 5.92 Å². The summed E-state index contributed by atoms with van der Waals surface area (Å²) in [6.07, 6.45) is 0.745. The van der Waals surface area contributed by atoms with Crippen LogP contribution in [0, 0.1) is 26.7 Å². The molecule has 0 saturated heterocycles. The highest BCUT2D eigenvalue weighted by molar-refractivity contribution is 6.21. The number of rotatable bonds is 4. The van der Waals surface area contributed by atoms with E-state index in [1.807, 2.05) is 20.8 Å². The van der Waals surface area contributed by atoms with E-state index < -0.39 is 5.92 Å². The van der Waals surface area contributed by atoms with Gasteiger partial charge in [-0.2, -0.15) is 0 Å². The number of hydrogen-bond donors (Lipinski definition) is 0. The number of hydrogen-bond acceptors (Lipinski definition) is 3. The molecule has 1 fully saturated rings. The number of carbonyl (C=O) groups excluding carboxylic acids is 3. The molecule has 0 radical (unpaired) electrons. The van der Waals surface area contributed by atoms with E-state index in [-0.39, 0.29) is 42.5 Å². The largest absolute Gasteiger partial charge is 0.298 e. The molecule has 0 bridgehead atoms. The Kier molecular flexibility index (Phi) is 5.41. The molecule has 0 aromatic heterocycles. The van der Waals surface area contributed by atoms with Crippen molar-refractivity contribution in [2.45, 2.75) is 58.8 Å². The van der Waals surface area contributed by atoms with Gasteiger partial charge in [0.25, 0.3) is 0 Å². The van der Waals surface area contributed by atoms with Crippen molar-refractivity contribution in [3.05, 3.63) is 33.9 Å². The van der Waals surface area contributed by atoms with Crippen LogP contribution in [0.2, 0.25) is 0 Å². The van der Waals surface area contributed by atoms with Crippen molar-refractivity contribution in [3.8, 4) is 0 Å². The Morgan fingerprint density at radius 1 is 1.13 bits per heavy atom. The molecule has 1 aromatic carbocycles. The van der Waals surface area contributed by atoms with E-state index in [2.05, 4.69) is 6.07 Å². The van der Waals surface area contributed by atoms with Crippen LogP contribution in [0.4, 0.5) is 0 Å². The Labute approximate surface area is 142 Å². The molecule has 0 amide bonds. The van der Waals surface area contributed by atoms with E-state index in [0.29, 0.717) is 5.88 Å². The van der Waals surface area contributed by atoms with Gasteiger partial charge < -0.3 is 0 Å². The molecule has 1 aliphatic carbocycles. The molecule has 0 atom stereocenters. The van der Waals surface area contributed by atoms with Gasteiger partial charge in [-0.25, -0.2) is 0 Å². The van der Waals surface area contributed by atoms with Crippen LogP contribution in [0.15, 0.2) is 6.07 Å². The Morgan fingerprint density at radius 3 is 2.17 bits per heavy atom. The lowest BCUT2D eigenvalue weighted by molar-refractivity contribution is -0.142. The van der Waals surface area contributed by atoms with Crippen molar-refractivity contribution >= 4 is 29.0 Å². The van der Waals surface area contributed by atoms with E-state index in [9.17, 15) is 14.4 Å². The van der Waals surface area contributed by atoms with Gasteiger partial charge in [-0.3, -0.25) is 14.4 Å². The number of Topliss-reactive ketones (excluding diaryl/α,β-unsaturated/α-hetero) is 3. The molecule has 2 rings (SSSR count). The van der Waals surface area contributed by atoms with Gasteiger partial charge in [-0.15, -0.1) is 11.6 Å². The Hall–Kier alpha value is -1.48. The summed E-state index contributed by atoms with van der Waals surface area (Å²) in [7, 11) is 0. The summed E-state index contributed by atoms with van der Waals surface area (Å²) < 4.78 is 0. The van der Waals surface area contributed by atoms with Crippen LogP contribution in [0.3, 0.4) is 0 Å². The SMILES string of the molecule is CCC(=O)C1C(=O)CC(c2c(C)cc(C)c(CCl)c2C)CC1=O. The van der Waals surface area contributed by atoms with Crippen LogP contribution in [0.5, 0.6) is 0 Å². The van der Waals surface area contributed by atoms with Crippen molar-refractivity contribution in [3.63, 3.8) is 0 Å². The predicted octanol–water partition coefficient (Wildman–Crippen LogP) is 3.96. The van der Waals surface area contributed by atoms with Crippen LogP contribution in [0.25, 0.3) is 0 Å². The van der Waals surface area contributed by atoms with E-state index >= 15 is 0 Å². The van der Waals surface area contributed by atoms with Gasteiger partial charge in [-0.05, 0) is 54.5 Å². The summed E-state index contributed by atoms with van der Waals surface area (Å²) in [4.78, 5) is 36.6. The zero-order valence-corrected chi connectivity index (χ0v) is 14.9. The Bertz CT molecular complexity index is 658. The zero-order valence-electron chi connectivity index (χ0n) is 14.2. The quantitative estimate of drug-likeness (QED) is 0.618. The van der Waals surface area contributed by atoms with E-state index in [1.54, 1.807) is 6.92 Å². The third-order valence-electron chi connectivity index (χ3n) is 4.94. The number of ketones is 3. The topological polar surface area (TPSA) is 51.2 Å². The Balaban J connectivity index is 2.41. The van der Waals surface area contributed by atoms with Gasteiger partial charge in [-0.1, -0.05) is 13.0 Å². The lowest BCUT2D eigenvalue weighted by Gasteiger charge is -2.29. The summed E-state index contributed by atoms with van der Waals surface area (Å²) in [5.74, 6) is -1.48. The van der Waals surface area contributed by atoms with Crippen LogP contribution >= 0.6 is 11.6 Å². The zero-order chi connectivity index (χ0) is 17.3. The van der Waals surface area contributed by atoms with Crippen LogP contribution < -0.4 is 0 Å². The van der Waals surface area contributed by atoms with Crippen molar-refractivity contribution in [1.82, 2.24) is 0 Å². The molecule has 0 N–H and O–H groups in total. The minimum absolute atomic E-state index is 0.140. The fourth-order valence-corrected chi connectivity index (χ4v) is 4.23. The minimum atomic E-state index is -1.03. The molecule has 1 aromatic rings. The lowest BCUT2D eigenvalue weighted by atomic mass is 9.72. The normalized spacial score (nSPS) is 21.6. The highest BCUT2D eigenvalue weighted by Crippen LogP contribution is 2.38. The first kappa shape index (κ1) is 17.9. The maximum atomic E-state index is 12.4. The van der Waals surface area contributed by atoms with Crippen molar-refractivity contribution in [2.75, 3.05) is 0 Å². The number of benzene rings is 1. The van der Waals surface area contributed by atoms with Gasteiger partial charge in [0, 0.05) is 25.1 Å². The van der Waals surface area contributed by atoms with E-state index in [1.165, 1.54) is 0 Å². The van der Waals surface area contributed by atoms with Gasteiger partial charge in [0.15, 0.2) is 17.3 Å². The lowest BCUT2D eigenvalue weighted by Crippen LogP contribution is -2.38. The smallest absolute Gasteiger partial charge is 0.151 e. The summed E-state index contributed by atoms with van der Waals surface area (Å²) in [5, 5.41) is 0. The van der Waals surface area contributed by atoms with Gasteiger partial charge in [0.1, 0.15) is 5.92 Å². The standard InChI is InChI=1S/C19H23ClO3/c1-5-15(21)19-16(22)7-13(8-17(19)23)18-11(3)6-10(2)14(9-20)12(18)4/h6,13,19H,5,7-9H2,1-4H3. The van der Waals surface area contributed by atoms with E-state index in [0.717, 1.165) is 27.8 Å². The van der Waals surface area contributed by atoms with Gasteiger partial charge in [0.2, 0.25) is 0 Å². The molecule has 23 heavy (non-hydrogen) atoms. The summed E-state index contributed by atoms with van der Waals surface area (Å²) >= 11 is 6.06. The molecule has 124 valence electrons. The fraction of sp³-hybridized carbons (Fsp3) is 0.526. The average molecular weight is 335 g/mol. The van der Waals surface area contributed by atoms with Crippen LogP contribution in [-0.2, 0) is 20.3 Å². The fourth-order valence-electron chi connectivity index (χ4n) is 3.82. The Morgan fingerprint density at radius 2 is 1.70 bits per heavy atom. The second-order valence-electron chi connectivity index (χ2n) is 6.45. The maximum absolute atomic E-state index is 12.4. The molecule has 0 aliphatic heterocycles. The second-order valence-corrected chi connectivity index (χ2v) is 6.72. The highest BCUT2D eigenvalue weighted by Gasteiger charge is 2.40. The second kappa shape index (κ2) is 6.96. The molecular weight excluding hydrogens is 312 g/mol. The first-order chi connectivity index (χ1) is 10.8. The molecular formula is C19H23ClO3. The van der Waals surface area contributed by atoms with Crippen LogP contribution in [-0.4, -0.2) is 17.3 Å². The molecule has 3 nitrogen and oxygen atoms in total. The van der Waals surface area contributed by atoms with Gasteiger partial charge in [0.05, 0.1) is 0 Å². The maximum Gasteiger partial charge on any atom is 0.151 e. The molecule has 1 saturated carbocycles. The third kappa shape index (κ3) is 3.25. The number of carbonyl (C=O) groups is 3. The summed E-state index contributed by atoms with van der Waals surface area (Å²) in [6.45, 7) is 7.72.